The summed E-state index contributed by atoms with van der Waals surface area (Å²) in [4.78, 5) is 2.62. The van der Waals surface area contributed by atoms with Crippen LogP contribution >= 0.6 is 0 Å². The topological polar surface area (TPSA) is 29.3 Å². The van der Waals surface area contributed by atoms with Crippen LogP contribution in [0.2, 0.25) is 0 Å². The Labute approximate surface area is 88.8 Å². The fourth-order valence-electron chi connectivity index (χ4n) is 2.50. The number of hydrogen-bond acceptors (Lipinski definition) is 2. The molecule has 0 saturated carbocycles. The maximum Gasteiger partial charge on any atom is 0.0219 e. The lowest BCUT2D eigenvalue weighted by molar-refractivity contribution is 0.0643. The van der Waals surface area contributed by atoms with Crippen LogP contribution in [0.4, 0.5) is 0 Å². The quantitative estimate of drug-likeness (QED) is 0.753. The van der Waals surface area contributed by atoms with Crippen LogP contribution in [-0.4, -0.2) is 29.6 Å². The van der Waals surface area contributed by atoms with Crippen molar-refractivity contribution in [2.75, 3.05) is 6.54 Å². The largest absolute Gasteiger partial charge is 0.327 e. The van der Waals surface area contributed by atoms with Gasteiger partial charge in [0, 0.05) is 18.1 Å². The number of likely N-dealkylation sites (tertiary alicyclic amines) is 1. The Morgan fingerprint density at radius 1 is 1.14 bits per heavy atom. The summed E-state index contributed by atoms with van der Waals surface area (Å²) in [6.07, 6.45) is 4.10. The molecule has 1 aliphatic heterocycles. The summed E-state index contributed by atoms with van der Waals surface area (Å²) >= 11 is 0. The third kappa shape index (κ3) is 2.71. The molecule has 0 aromatic rings. The first-order chi connectivity index (χ1) is 6.54. The van der Waals surface area contributed by atoms with Gasteiger partial charge < -0.3 is 5.73 Å². The van der Waals surface area contributed by atoms with E-state index in [9.17, 15) is 0 Å². The molecule has 2 heteroatoms. The molecule has 3 atom stereocenters. The van der Waals surface area contributed by atoms with Crippen LogP contribution in [0.3, 0.4) is 0 Å². The second-order valence-electron chi connectivity index (χ2n) is 5.14. The third-order valence-corrected chi connectivity index (χ3v) is 3.65. The molecule has 0 radical (unpaired) electrons. The van der Waals surface area contributed by atoms with Crippen molar-refractivity contribution in [3.05, 3.63) is 0 Å². The van der Waals surface area contributed by atoms with Crippen LogP contribution in [-0.2, 0) is 0 Å². The van der Waals surface area contributed by atoms with E-state index in [4.69, 9.17) is 5.73 Å². The standard InChI is InChI=1S/C12H26N2/c1-9(2)12-7-5-6-8-14(12)11(4)10(3)13/h9-12H,5-8,13H2,1-4H3. The van der Waals surface area contributed by atoms with Gasteiger partial charge in [-0.15, -0.1) is 0 Å². The van der Waals surface area contributed by atoms with Crippen molar-refractivity contribution in [2.45, 2.75) is 65.1 Å². The SMILES string of the molecule is CC(C)C1CCCCN1C(C)C(C)N. The van der Waals surface area contributed by atoms with Gasteiger partial charge in [0.05, 0.1) is 0 Å². The molecule has 2 nitrogen and oxygen atoms in total. The summed E-state index contributed by atoms with van der Waals surface area (Å²) in [5.41, 5.74) is 5.99. The summed E-state index contributed by atoms with van der Waals surface area (Å²) in [5, 5.41) is 0. The van der Waals surface area contributed by atoms with Crippen LogP contribution in [0.5, 0.6) is 0 Å². The Balaban J connectivity index is 2.62. The van der Waals surface area contributed by atoms with E-state index in [0.29, 0.717) is 6.04 Å². The number of nitrogens with zero attached hydrogens (tertiary/aromatic N) is 1. The fraction of sp³-hybridized carbons (Fsp3) is 1.00. The molecule has 0 aliphatic carbocycles. The fourth-order valence-corrected chi connectivity index (χ4v) is 2.50. The molecule has 0 aromatic carbocycles. The van der Waals surface area contributed by atoms with Crippen molar-refractivity contribution in [3.8, 4) is 0 Å². The molecule has 1 saturated heterocycles. The van der Waals surface area contributed by atoms with Gasteiger partial charge in [-0.25, -0.2) is 0 Å². The highest BCUT2D eigenvalue weighted by Crippen LogP contribution is 2.25. The molecule has 1 rings (SSSR count). The number of piperidine rings is 1. The maximum absolute atomic E-state index is 5.99. The molecule has 0 amide bonds. The van der Waals surface area contributed by atoms with Crippen molar-refractivity contribution in [2.24, 2.45) is 11.7 Å². The number of nitrogens with two attached hydrogens (primary N) is 1. The lowest BCUT2D eigenvalue weighted by Gasteiger charge is -2.43. The van der Waals surface area contributed by atoms with Crippen LogP contribution in [0.15, 0.2) is 0 Å². The second-order valence-corrected chi connectivity index (χ2v) is 5.14. The summed E-state index contributed by atoms with van der Waals surface area (Å²) in [5.74, 6) is 0.761. The zero-order valence-corrected chi connectivity index (χ0v) is 10.2. The molecule has 0 bridgehead atoms. The zero-order valence-electron chi connectivity index (χ0n) is 10.2. The Kier molecular flexibility index (Phi) is 4.39. The smallest absolute Gasteiger partial charge is 0.0219 e. The molecular formula is C12H26N2. The third-order valence-electron chi connectivity index (χ3n) is 3.65. The molecule has 0 spiro atoms. The van der Waals surface area contributed by atoms with E-state index < -0.39 is 0 Å². The van der Waals surface area contributed by atoms with Crippen molar-refractivity contribution in [1.29, 1.82) is 0 Å². The minimum Gasteiger partial charge on any atom is -0.327 e. The lowest BCUT2D eigenvalue weighted by Crippen LogP contribution is -2.53. The zero-order chi connectivity index (χ0) is 10.7. The predicted molar refractivity (Wildman–Crippen MR) is 62.3 cm³/mol. The van der Waals surface area contributed by atoms with E-state index in [1.54, 1.807) is 0 Å². The number of hydrogen-bond donors (Lipinski definition) is 1. The van der Waals surface area contributed by atoms with Gasteiger partial charge in [0.25, 0.3) is 0 Å². The lowest BCUT2D eigenvalue weighted by atomic mass is 9.90. The second kappa shape index (κ2) is 5.13. The van der Waals surface area contributed by atoms with Crippen molar-refractivity contribution in [3.63, 3.8) is 0 Å². The van der Waals surface area contributed by atoms with E-state index in [-0.39, 0.29) is 6.04 Å². The molecule has 3 unspecified atom stereocenters. The van der Waals surface area contributed by atoms with Crippen molar-refractivity contribution in [1.82, 2.24) is 4.90 Å². The molecule has 84 valence electrons. The Hall–Kier alpha value is -0.0800. The van der Waals surface area contributed by atoms with Crippen molar-refractivity contribution < 1.29 is 0 Å². The van der Waals surface area contributed by atoms with Gasteiger partial charge in [0.15, 0.2) is 0 Å². The minimum atomic E-state index is 0.286. The summed E-state index contributed by atoms with van der Waals surface area (Å²) in [6.45, 7) is 10.3. The molecule has 14 heavy (non-hydrogen) atoms. The predicted octanol–water partition coefficient (Wildman–Crippen LogP) is 2.23. The van der Waals surface area contributed by atoms with E-state index >= 15 is 0 Å². The van der Waals surface area contributed by atoms with Gasteiger partial charge in [-0.3, -0.25) is 4.90 Å². The minimum absolute atomic E-state index is 0.286. The average Bonchev–Trinajstić information content (AvgIpc) is 2.16. The van der Waals surface area contributed by atoms with Crippen LogP contribution < -0.4 is 5.73 Å². The first-order valence-corrected chi connectivity index (χ1v) is 6.05. The summed E-state index contributed by atoms with van der Waals surface area (Å²) in [6, 6.07) is 1.57. The first kappa shape index (κ1) is 12.0. The van der Waals surface area contributed by atoms with Crippen LogP contribution in [0, 0.1) is 5.92 Å². The molecule has 1 fully saturated rings. The van der Waals surface area contributed by atoms with E-state index in [0.717, 1.165) is 12.0 Å². The average molecular weight is 198 g/mol. The van der Waals surface area contributed by atoms with Gasteiger partial charge in [-0.2, -0.15) is 0 Å². The highest BCUT2D eigenvalue weighted by Gasteiger charge is 2.29. The van der Waals surface area contributed by atoms with Crippen molar-refractivity contribution >= 4 is 0 Å². The van der Waals surface area contributed by atoms with E-state index in [1.165, 1.54) is 25.8 Å². The van der Waals surface area contributed by atoms with Gasteiger partial charge in [0.1, 0.15) is 0 Å². The van der Waals surface area contributed by atoms with Crippen LogP contribution in [0.25, 0.3) is 0 Å². The monoisotopic (exact) mass is 198 g/mol. The Morgan fingerprint density at radius 2 is 1.79 bits per heavy atom. The van der Waals surface area contributed by atoms with Gasteiger partial charge in [0.2, 0.25) is 0 Å². The maximum atomic E-state index is 5.99. The highest BCUT2D eigenvalue weighted by molar-refractivity contribution is 4.85. The van der Waals surface area contributed by atoms with Gasteiger partial charge in [-0.05, 0) is 39.2 Å². The first-order valence-electron chi connectivity index (χ1n) is 6.05. The Morgan fingerprint density at radius 3 is 2.29 bits per heavy atom. The molecule has 0 aromatic heterocycles. The van der Waals surface area contributed by atoms with Gasteiger partial charge in [-0.1, -0.05) is 20.3 Å². The highest BCUT2D eigenvalue weighted by atomic mass is 15.2. The number of rotatable bonds is 3. The molecule has 2 N–H and O–H groups in total. The molecule has 1 heterocycles. The molecule has 1 aliphatic rings. The van der Waals surface area contributed by atoms with Gasteiger partial charge >= 0.3 is 0 Å². The normalized spacial score (nSPS) is 29.1. The Bertz CT molecular complexity index is 166. The summed E-state index contributed by atoms with van der Waals surface area (Å²) in [7, 11) is 0. The van der Waals surface area contributed by atoms with Crippen LogP contribution in [0.1, 0.15) is 47.0 Å². The van der Waals surface area contributed by atoms with E-state index in [2.05, 4.69) is 32.6 Å². The summed E-state index contributed by atoms with van der Waals surface area (Å²) < 4.78 is 0. The molecular weight excluding hydrogens is 172 g/mol. The van der Waals surface area contributed by atoms with E-state index in [1.807, 2.05) is 0 Å².